The average molecular weight is 194 g/mol. The molecule has 1 aliphatic rings. The Labute approximate surface area is 83.2 Å². The molecule has 0 aliphatic carbocycles. The number of fused-ring (bicyclic) bond motifs is 1. The van der Waals surface area contributed by atoms with Gasteiger partial charge in [-0.3, -0.25) is 0 Å². The standard InChI is InChI=1S/C11H14OS/c1-11(2)7-9(12)8-5-3-4-6-10(8)13-11/h3-6,9,12H,7H2,1-2H3/t9-/m1/s1. The Hall–Kier alpha value is -0.470. The van der Waals surface area contributed by atoms with E-state index in [-0.39, 0.29) is 10.9 Å². The number of hydrogen-bond acceptors (Lipinski definition) is 2. The molecule has 0 unspecified atom stereocenters. The van der Waals surface area contributed by atoms with Gasteiger partial charge in [0.25, 0.3) is 0 Å². The molecule has 0 fully saturated rings. The Kier molecular flexibility index (Phi) is 2.12. The van der Waals surface area contributed by atoms with E-state index >= 15 is 0 Å². The molecular formula is C11H14OS. The van der Waals surface area contributed by atoms with Gasteiger partial charge in [-0.05, 0) is 18.1 Å². The highest BCUT2D eigenvalue weighted by Gasteiger charge is 2.31. The van der Waals surface area contributed by atoms with Gasteiger partial charge < -0.3 is 5.11 Å². The third kappa shape index (κ3) is 1.74. The quantitative estimate of drug-likeness (QED) is 0.685. The number of thioether (sulfide) groups is 1. The number of benzene rings is 1. The zero-order chi connectivity index (χ0) is 9.47. The van der Waals surface area contributed by atoms with Crippen LogP contribution >= 0.6 is 11.8 Å². The van der Waals surface area contributed by atoms with Crippen molar-refractivity contribution in [1.29, 1.82) is 0 Å². The summed E-state index contributed by atoms with van der Waals surface area (Å²) >= 11 is 1.86. The van der Waals surface area contributed by atoms with E-state index in [1.807, 2.05) is 30.0 Å². The average Bonchev–Trinajstić information content (AvgIpc) is 2.02. The monoisotopic (exact) mass is 194 g/mol. The zero-order valence-corrected chi connectivity index (χ0v) is 8.77. The Morgan fingerprint density at radius 1 is 1.38 bits per heavy atom. The second-order valence-electron chi connectivity index (χ2n) is 4.12. The smallest absolute Gasteiger partial charge is 0.0814 e. The third-order valence-electron chi connectivity index (χ3n) is 2.35. The lowest BCUT2D eigenvalue weighted by Gasteiger charge is -2.33. The Morgan fingerprint density at radius 2 is 2.08 bits per heavy atom. The van der Waals surface area contributed by atoms with Crippen LogP contribution in [0.2, 0.25) is 0 Å². The van der Waals surface area contributed by atoms with Gasteiger partial charge in [0, 0.05) is 9.64 Å². The van der Waals surface area contributed by atoms with Gasteiger partial charge in [0.05, 0.1) is 6.10 Å². The minimum atomic E-state index is -0.285. The van der Waals surface area contributed by atoms with Crippen LogP contribution in [0.4, 0.5) is 0 Å². The summed E-state index contributed by atoms with van der Waals surface area (Å²) < 4.78 is 0.160. The highest BCUT2D eigenvalue weighted by molar-refractivity contribution is 8.00. The Bertz CT molecular complexity index is 320. The Balaban J connectivity index is 2.43. The lowest BCUT2D eigenvalue weighted by molar-refractivity contribution is 0.151. The second kappa shape index (κ2) is 3.03. The molecule has 0 aromatic heterocycles. The van der Waals surface area contributed by atoms with Crippen molar-refractivity contribution in [2.75, 3.05) is 0 Å². The number of hydrogen-bond donors (Lipinski definition) is 1. The van der Waals surface area contributed by atoms with E-state index in [4.69, 9.17) is 0 Å². The highest BCUT2D eigenvalue weighted by atomic mass is 32.2. The van der Waals surface area contributed by atoms with Gasteiger partial charge in [0.15, 0.2) is 0 Å². The van der Waals surface area contributed by atoms with Crippen molar-refractivity contribution in [3.05, 3.63) is 29.8 Å². The number of aliphatic hydroxyl groups is 1. The summed E-state index contributed by atoms with van der Waals surface area (Å²) in [7, 11) is 0. The highest BCUT2D eigenvalue weighted by Crippen LogP contribution is 2.46. The van der Waals surface area contributed by atoms with Crippen LogP contribution < -0.4 is 0 Å². The molecule has 1 aliphatic heterocycles. The predicted octanol–water partition coefficient (Wildman–Crippen LogP) is 2.99. The maximum absolute atomic E-state index is 9.88. The molecule has 0 saturated heterocycles. The fourth-order valence-electron chi connectivity index (χ4n) is 1.76. The Morgan fingerprint density at radius 3 is 2.85 bits per heavy atom. The lowest BCUT2D eigenvalue weighted by atomic mass is 9.98. The largest absolute Gasteiger partial charge is 0.388 e. The van der Waals surface area contributed by atoms with Crippen molar-refractivity contribution in [2.24, 2.45) is 0 Å². The van der Waals surface area contributed by atoms with Crippen LogP contribution in [0, 0.1) is 0 Å². The van der Waals surface area contributed by atoms with Gasteiger partial charge in [-0.1, -0.05) is 32.0 Å². The van der Waals surface area contributed by atoms with Crippen LogP contribution in [0.3, 0.4) is 0 Å². The first kappa shape index (κ1) is 9.10. The molecule has 0 saturated carbocycles. The molecule has 1 N–H and O–H groups in total. The molecule has 1 aromatic rings. The summed E-state index contributed by atoms with van der Waals surface area (Å²) in [5, 5.41) is 9.88. The van der Waals surface area contributed by atoms with E-state index in [2.05, 4.69) is 19.9 Å². The van der Waals surface area contributed by atoms with Crippen LogP contribution in [0.15, 0.2) is 29.2 Å². The summed E-state index contributed by atoms with van der Waals surface area (Å²) in [5.74, 6) is 0. The SMILES string of the molecule is CC1(C)C[C@@H](O)c2ccccc2S1. The van der Waals surface area contributed by atoms with E-state index in [1.165, 1.54) is 4.90 Å². The lowest BCUT2D eigenvalue weighted by Crippen LogP contribution is -2.23. The van der Waals surface area contributed by atoms with Gasteiger partial charge in [0.1, 0.15) is 0 Å². The first-order chi connectivity index (χ1) is 6.08. The van der Waals surface area contributed by atoms with Crippen molar-refractivity contribution in [2.45, 2.75) is 36.0 Å². The summed E-state index contributed by atoms with van der Waals surface area (Å²) in [6.07, 6.45) is 0.557. The molecule has 0 spiro atoms. The molecule has 1 atom stereocenters. The number of aliphatic hydroxyl groups excluding tert-OH is 1. The molecular weight excluding hydrogens is 180 g/mol. The van der Waals surface area contributed by atoms with Crippen LogP contribution in [0.5, 0.6) is 0 Å². The molecule has 1 aromatic carbocycles. The maximum atomic E-state index is 9.88. The minimum absolute atomic E-state index is 0.160. The van der Waals surface area contributed by atoms with Crippen molar-refractivity contribution in [1.82, 2.24) is 0 Å². The van der Waals surface area contributed by atoms with Crippen molar-refractivity contribution >= 4 is 11.8 Å². The summed E-state index contributed by atoms with van der Waals surface area (Å²) in [6.45, 7) is 4.35. The molecule has 0 radical (unpaired) electrons. The molecule has 70 valence electrons. The molecule has 1 heterocycles. The van der Waals surface area contributed by atoms with Crippen LogP contribution in [0.25, 0.3) is 0 Å². The first-order valence-electron chi connectivity index (χ1n) is 4.54. The van der Waals surface area contributed by atoms with Crippen LogP contribution in [-0.4, -0.2) is 9.85 Å². The van der Waals surface area contributed by atoms with E-state index in [0.29, 0.717) is 0 Å². The van der Waals surface area contributed by atoms with Crippen molar-refractivity contribution in [3.63, 3.8) is 0 Å². The van der Waals surface area contributed by atoms with E-state index < -0.39 is 0 Å². The molecule has 0 amide bonds. The molecule has 0 bridgehead atoms. The van der Waals surface area contributed by atoms with Gasteiger partial charge in [-0.15, -0.1) is 11.8 Å². The van der Waals surface area contributed by atoms with E-state index in [1.54, 1.807) is 0 Å². The van der Waals surface area contributed by atoms with Crippen molar-refractivity contribution < 1.29 is 5.11 Å². The van der Waals surface area contributed by atoms with E-state index in [9.17, 15) is 5.11 Å². The molecule has 2 heteroatoms. The summed E-state index contributed by atoms with van der Waals surface area (Å²) in [4.78, 5) is 1.23. The van der Waals surface area contributed by atoms with Gasteiger partial charge in [-0.2, -0.15) is 0 Å². The third-order valence-corrected chi connectivity index (χ3v) is 3.66. The number of rotatable bonds is 0. The van der Waals surface area contributed by atoms with Gasteiger partial charge in [0.2, 0.25) is 0 Å². The fourth-order valence-corrected chi connectivity index (χ4v) is 3.07. The van der Waals surface area contributed by atoms with Crippen LogP contribution in [-0.2, 0) is 0 Å². The second-order valence-corrected chi connectivity index (χ2v) is 5.87. The first-order valence-corrected chi connectivity index (χ1v) is 5.36. The predicted molar refractivity (Wildman–Crippen MR) is 56.0 cm³/mol. The fraction of sp³-hybridized carbons (Fsp3) is 0.455. The van der Waals surface area contributed by atoms with Crippen molar-refractivity contribution in [3.8, 4) is 0 Å². The van der Waals surface area contributed by atoms with Crippen LogP contribution in [0.1, 0.15) is 31.9 Å². The summed E-state index contributed by atoms with van der Waals surface area (Å²) in [6, 6.07) is 8.12. The molecule has 2 rings (SSSR count). The zero-order valence-electron chi connectivity index (χ0n) is 7.95. The topological polar surface area (TPSA) is 20.2 Å². The van der Waals surface area contributed by atoms with E-state index in [0.717, 1.165) is 12.0 Å². The molecule has 13 heavy (non-hydrogen) atoms. The normalized spacial score (nSPS) is 25.3. The molecule has 1 nitrogen and oxygen atoms in total. The maximum Gasteiger partial charge on any atom is 0.0814 e. The van der Waals surface area contributed by atoms with Gasteiger partial charge >= 0.3 is 0 Å². The summed E-state index contributed by atoms with van der Waals surface area (Å²) in [5.41, 5.74) is 1.09. The van der Waals surface area contributed by atoms with Gasteiger partial charge in [-0.25, -0.2) is 0 Å². The minimum Gasteiger partial charge on any atom is -0.388 e.